The summed E-state index contributed by atoms with van der Waals surface area (Å²) in [4.78, 5) is 5.83. The van der Waals surface area contributed by atoms with Crippen LogP contribution in [-0.2, 0) is 0 Å². The number of nitrogens with zero attached hydrogens (tertiary/aromatic N) is 1. The van der Waals surface area contributed by atoms with Gasteiger partial charge in [0.05, 0.1) is 6.10 Å². The molecule has 0 saturated carbocycles. The highest BCUT2D eigenvalue weighted by Gasteiger charge is 2.21. The van der Waals surface area contributed by atoms with E-state index in [-0.39, 0.29) is 0 Å². The van der Waals surface area contributed by atoms with Crippen LogP contribution in [0.15, 0.2) is 18.2 Å². The largest absolute Gasteiger partial charge is 0.387 e. The molecule has 0 aliphatic carbocycles. The number of H-pyrrole nitrogens is 1. The van der Waals surface area contributed by atoms with Crippen LogP contribution in [0.5, 0.6) is 0 Å². The molecule has 1 aromatic heterocycles. The molecule has 108 valence electrons. The molecular weight excluding hydrogens is 248 g/mol. The number of benzene rings is 1. The first-order chi connectivity index (χ1) is 9.66. The van der Waals surface area contributed by atoms with Crippen LogP contribution < -0.4 is 0 Å². The standard InChI is InChI=1S/C17H24N2O/c1-12-7-6-8-14-16(13(2)18-17(12)14)15(20)11-19-9-4-3-5-10-19/h6-8,15,18,20H,3-5,9-11H2,1-2H3/t15-/m0/s1. The van der Waals surface area contributed by atoms with Gasteiger partial charge in [-0.3, -0.25) is 0 Å². The van der Waals surface area contributed by atoms with Gasteiger partial charge in [0.15, 0.2) is 0 Å². The maximum Gasteiger partial charge on any atom is 0.0940 e. The van der Waals surface area contributed by atoms with Crippen molar-refractivity contribution in [1.29, 1.82) is 0 Å². The van der Waals surface area contributed by atoms with Gasteiger partial charge in [-0.15, -0.1) is 0 Å². The number of aryl methyl sites for hydroxylation is 2. The topological polar surface area (TPSA) is 39.3 Å². The fraction of sp³-hybridized carbons (Fsp3) is 0.529. The Morgan fingerprint density at radius 2 is 1.95 bits per heavy atom. The Morgan fingerprint density at radius 3 is 2.70 bits per heavy atom. The third kappa shape index (κ3) is 2.48. The summed E-state index contributed by atoms with van der Waals surface area (Å²) in [6.45, 7) is 7.17. The SMILES string of the molecule is Cc1[nH]c2c(C)cccc2c1[C@@H](O)CN1CCCCC1. The minimum atomic E-state index is -0.399. The summed E-state index contributed by atoms with van der Waals surface area (Å²) in [5.74, 6) is 0. The smallest absolute Gasteiger partial charge is 0.0940 e. The summed E-state index contributed by atoms with van der Waals surface area (Å²) in [7, 11) is 0. The summed E-state index contributed by atoms with van der Waals surface area (Å²) < 4.78 is 0. The van der Waals surface area contributed by atoms with Crippen molar-refractivity contribution in [2.24, 2.45) is 0 Å². The number of hydrogen-bond acceptors (Lipinski definition) is 2. The third-order valence-corrected chi connectivity index (χ3v) is 4.49. The number of hydrogen-bond donors (Lipinski definition) is 2. The quantitative estimate of drug-likeness (QED) is 0.900. The zero-order valence-corrected chi connectivity index (χ0v) is 12.4. The second kappa shape index (κ2) is 5.58. The van der Waals surface area contributed by atoms with Gasteiger partial charge in [-0.1, -0.05) is 24.6 Å². The van der Waals surface area contributed by atoms with Gasteiger partial charge in [0.2, 0.25) is 0 Å². The number of nitrogens with one attached hydrogen (secondary N) is 1. The number of para-hydroxylation sites is 1. The van der Waals surface area contributed by atoms with Gasteiger partial charge >= 0.3 is 0 Å². The Morgan fingerprint density at radius 1 is 1.20 bits per heavy atom. The predicted octanol–water partition coefficient (Wildman–Crippen LogP) is 3.30. The molecule has 3 rings (SSSR count). The predicted molar refractivity (Wildman–Crippen MR) is 83.0 cm³/mol. The van der Waals surface area contributed by atoms with Crippen molar-refractivity contribution in [3.63, 3.8) is 0 Å². The average molecular weight is 272 g/mol. The Kier molecular flexibility index (Phi) is 3.81. The monoisotopic (exact) mass is 272 g/mol. The number of aromatic nitrogens is 1. The number of aromatic amines is 1. The van der Waals surface area contributed by atoms with Crippen molar-refractivity contribution >= 4 is 10.9 Å². The molecule has 3 heteroatoms. The lowest BCUT2D eigenvalue weighted by molar-refractivity contribution is 0.102. The Bertz CT molecular complexity index is 596. The van der Waals surface area contributed by atoms with E-state index in [2.05, 4.69) is 41.9 Å². The summed E-state index contributed by atoms with van der Waals surface area (Å²) in [5, 5.41) is 11.8. The van der Waals surface area contributed by atoms with Crippen LogP contribution in [0, 0.1) is 13.8 Å². The maximum atomic E-state index is 10.7. The minimum absolute atomic E-state index is 0.399. The van der Waals surface area contributed by atoms with Crippen LogP contribution in [0.25, 0.3) is 10.9 Å². The minimum Gasteiger partial charge on any atom is -0.387 e. The second-order valence-electron chi connectivity index (χ2n) is 6.04. The van der Waals surface area contributed by atoms with Crippen molar-refractivity contribution in [2.75, 3.05) is 19.6 Å². The number of fused-ring (bicyclic) bond motifs is 1. The molecule has 0 amide bonds. The highest BCUT2D eigenvalue weighted by atomic mass is 16.3. The molecule has 0 unspecified atom stereocenters. The Hall–Kier alpha value is -1.32. The molecule has 1 aromatic carbocycles. The Balaban J connectivity index is 1.88. The van der Waals surface area contributed by atoms with Gasteiger partial charge in [0, 0.05) is 28.7 Å². The molecule has 3 nitrogen and oxygen atoms in total. The van der Waals surface area contributed by atoms with Crippen molar-refractivity contribution in [1.82, 2.24) is 9.88 Å². The van der Waals surface area contributed by atoms with Gasteiger partial charge in [0.1, 0.15) is 0 Å². The van der Waals surface area contributed by atoms with Crippen LogP contribution >= 0.6 is 0 Å². The van der Waals surface area contributed by atoms with Crippen LogP contribution in [0.3, 0.4) is 0 Å². The van der Waals surface area contributed by atoms with Crippen LogP contribution in [0.1, 0.15) is 42.2 Å². The first kappa shape index (κ1) is 13.7. The lowest BCUT2D eigenvalue weighted by atomic mass is 10.0. The summed E-state index contributed by atoms with van der Waals surface area (Å²) in [6.07, 6.45) is 3.46. The van der Waals surface area contributed by atoms with E-state index in [0.29, 0.717) is 0 Å². The summed E-state index contributed by atoms with van der Waals surface area (Å²) in [6, 6.07) is 6.29. The number of β-amino-alcohol motifs (C(OH)–C–C–N with tert-alkyl or cyclic N) is 1. The molecule has 2 N–H and O–H groups in total. The Labute approximate surface area is 120 Å². The number of rotatable bonds is 3. The fourth-order valence-electron chi connectivity index (χ4n) is 3.42. The molecule has 1 aliphatic heterocycles. The molecule has 1 fully saturated rings. The maximum absolute atomic E-state index is 10.7. The number of likely N-dealkylation sites (tertiary alicyclic amines) is 1. The van der Waals surface area contributed by atoms with Gasteiger partial charge < -0.3 is 15.0 Å². The highest BCUT2D eigenvalue weighted by molar-refractivity contribution is 5.87. The highest BCUT2D eigenvalue weighted by Crippen LogP contribution is 2.30. The van der Waals surface area contributed by atoms with Crippen molar-refractivity contribution in [3.8, 4) is 0 Å². The molecule has 0 bridgehead atoms. The second-order valence-corrected chi connectivity index (χ2v) is 6.04. The van der Waals surface area contributed by atoms with Crippen LogP contribution in [0.4, 0.5) is 0 Å². The number of aliphatic hydroxyl groups excluding tert-OH is 1. The van der Waals surface area contributed by atoms with E-state index in [1.807, 2.05) is 0 Å². The summed E-state index contributed by atoms with van der Waals surface area (Å²) >= 11 is 0. The van der Waals surface area contributed by atoms with E-state index in [0.717, 1.165) is 36.4 Å². The number of piperidine rings is 1. The lowest BCUT2D eigenvalue weighted by Gasteiger charge is -2.28. The van der Waals surface area contributed by atoms with Gasteiger partial charge in [-0.05, 0) is 45.3 Å². The molecular formula is C17H24N2O. The molecule has 1 aliphatic rings. The van der Waals surface area contributed by atoms with Crippen molar-refractivity contribution < 1.29 is 5.11 Å². The average Bonchev–Trinajstić information content (AvgIpc) is 2.78. The van der Waals surface area contributed by atoms with E-state index in [1.165, 1.54) is 30.2 Å². The van der Waals surface area contributed by atoms with E-state index < -0.39 is 6.10 Å². The molecule has 0 spiro atoms. The van der Waals surface area contributed by atoms with E-state index >= 15 is 0 Å². The molecule has 2 aromatic rings. The van der Waals surface area contributed by atoms with Gasteiger partial charge in [-0.25, -0.2) is 0 Å². The van der Waals surface area contributed by atoms with Crippen LogP contribution in [0.2, 0.25) is 0 Å². The third-order valence-electron chi connectivity index (χ3n) is 4.49. The van der Waals surface area contributed by atoms with E-state index in [1.54, 1.807) is 0 Å². The zero-order valence-electron chi connectivity index (χ0n) is 12.4. The normalized spacial score (nSPS) is 18.6. The zero-order chi connectivity index (χ0) is 14.1. The van der Waals surface area contributed by atoms with Gasteiger partial charge in [0.25, 0.3) is 0 Å². The van der Waals surface area contributed by atoms with Crippen molar-refractivity contribution in [3.05, 3.63) is 35.0 Å². The molecule has 1 atom stereocenters. The van der Waals surface area contributed by atoms with E-state index in [4.69, 9.17) is 0 Å². The van der Waals surface area contributed by atoms with Crippen LogP contribution in [-0.4, -0.2) is 34.6 Å². The van der Waals surface area contributed by atoms with Gasteiger partial charge in [-0.2, -0.15) is 0 Å². The molecule has 2 heterocycles. The first-order valence-electron chi connectivity index (χ1n) is 7.65. The fourth-order valence-corrected chi connectivity index (χ4v) is 3.42. The summed E-state index contributed by atoms with van der Waals surface area (Å²) in [5.41, 5.74) is 4.58. The first-order valence-corrected chi connectivity index (χ1v) is 7.65. The molecule has 1 saturated heterocycles. The lowest BCUT2D eigenvalue weighted by Crippen LogP contribution is -2.33. The number of aliphatic hydroxyl groups is 1. The van der Waals surface area contributed by atoms with Crippen molar-refractivity contribution in [2.45, 2.75) is 39.2 Å². The molecule has 20 heavy (non-hydrogen) atoms. The molecule has 0 radical (unpaired) electrons. The van der Waals surface area contributed by atoms with E-state index in [9.17, 15) is 5.11 Å².